The Morgan fingerprint density at radius 1 is 1.44 bits per heavy atom. The summed E-state index contributed by atoms with van der Waals surface area (Å²) in [6, 6.07) is 0. The summed E-state index contributed by atoms with van der Waals surface area (Å²) in [4.78, 5) is 24.4. The Kier molecular flexibility index (Phi) is 4.73. The number of amides is 1. The quantitative estimate of drug-likeness (QED) is 0.724. The molecule has 1 rings (SSSR count). The van der Waals surface area contributed by atoms with E-state index in [4.69, 9.17) is 10.8 Å². The number of aliphatic carboxylic acids is 1. The van der Waals surface area contributed by atoms with Gasteiger partial charge in [0.05, 0.1) is 5.92 Å². The van der Waals surface area contributed by atoms with Crippen molar-refractivity contribution in [1.29, 1.82) is 0 Å². The summed E-state index contributed by atoms with van der Waals surface area (Å²) < 4.78 is 0. The molecule has 1 amide bonds. The lowest BCUT2D eigenvalue weighted by Crippen LogP contribution is -2.42. The number of likely N-dealkylation sites (tertiary alicyclic amines) is 1. The minimum atomic E-state index is -0.748. The predicted octanol–water partition coefficient (Wildman–Crippen LogP) is 0.294. The van der Waals surface area contributed by atoms with Crippen LogP contribution < -0.4 is 5.73 Å². The van der Waals surface area contributed by atoms with Gasteiger partial charge >= 0.3 is 5.97 Å². The number of nitrogens with two attached hydrogens (primary N) is 1. The maximum Gasteiger partial charge on any atom is 0.306 e. The van der Waals surface area contributed by atoms with Crippen LogP contribution in [0.4, 0.5) is 0 Å². The molecule has 0 bridgehead atoms. The van der Waals surface area contributed by atoms with Crippen molar-refractivity contribution >= 4 is 11.9 Å². The molecule has 1 aliphatic rings. The summed E-state index contributed by atoms with van der Waals surface area (Å²) in [7, 11) is 0. The van der Waals surface area contributed by atoms with E-state index in [1.54, 1.807) is 4.90 Å². The second-order valence-corrected chi connectivity index (χ2v) is 4.42. The average molecular weight is 228 g/mol. The van der Waals surface area contributed by atoms with Crippen molar-refractivity contribution in [2.45, 2.75) is 26.2 Å². The van der Waals surface area contributed by atoms with E-state index < -0.39 is 5.97 Å². The Bertz CT molecular complexity index is 260. The highest BCUT2D eigenvalue weighted by molar-refractivity contribution is 5.79. The molecule has 5 heteroatoms. The molecule has 3 N–H and O–H groups in total. The summed E-state index contributed by atoms with van der Waals surface area (Å²) in [6.07, 6.45) is 1.82. The van der Waals surface area contributed by atoms with Crippen LogP contribution in [0.25, 0.3) is 0 Å². The van der Waals surface area contributed by atoms with Crippen molar-refractivity contribution in [3.05, 3.63) is 0 Å². The van der Waals surface area contributed by atoms with Crippen molar-refractivity contribution in [2.75, 3.05) is 19.6 Å². The van der Waals surface area contributed by atoms with Crippen LogP contribution in [0.2, 0.25) is 0 Å². The van der Waals surface area contributed by atoms with Crippen molar-refractivity contribution in [2.24, 2.45) is 17.6 Å². The summed E-state index contributed by atoms with van der Waals surface area (Å²) in [5.41, 5.74) is 5.41. The third-order valence-corrected chi connectivity index (χ3v) is 3.18. The van der Waals surface area contributed by atoms with Gasteiger partial charge in [-0.1, -0.05) is 6.92 Å². The first-order valence-corrected chi connectivity index (χ1v) is 5.78. The Balaban J connectivity index is 2.41. The molecule has 92 valence electrons. The SMILES string of the molecule is CC(CCN)C(=O)N1CCC(C(=O)O)CC1. The highest BCUT2D eigenvalue weighted by Gasteiger charge is 2.28. The van der Waals surface area contributed by atoms with Crippen molar-refractivity contribution in [1.82, 2.24) is 4.90 Å². The first kappa shape index (κ1) is 13.0. The second-order valence-electron chi connectivity index (χ2n) is 4.42. The Labute approximate surface area is 95.6 Å². The molecule has 0 radical (unpaired) electrons. The van der Waals surface area contributed by atoms with Crippen molar-refractivity contribution < 1.29 is 14.7 Å². The van der Waals surface area contributed by atoms with Gasteiger partial charge in [-0.25, -0.2) is 0 Å². The number of rotatable bonds is 4. The number of hydrogen-bond acceptors (Lipinski definition) is 3. The summed E-state index contributed by atoms with van der Waals surface area (Å²) in [6.45, 7) is 3.51. The van der Waals surface area contributed by atoms with Crippen LogP contribution in [0.1, 0.15) is 26.2 Å². The Morgan fingerprint density at radius 2 is 2.00 bits per heavy atom. The van der Waals surface area contributed by atoms with Crippen LogP contribution in [0, 0.1) is 11.8 Å². The fourth-order valence-electron chi connectivity index (χ4n) is 2.03. The maximum atomic E-state index is 11.9. The molecule has 0 spiro atoms. The van der Waals surface area contributed by atoms with Crippen molar-refractivity contribution in [3.8, 4) is 0 Å². The zero-order valence-corrected chi connectivity index (χ0v) is 9.69. The lowest BCUT2D eigenvalue weighted by Gasteiger charge is -2.32. The molecular formula is C11H20N2O3. The molecule has 1 saturated heterocycles. The molecule has 1 fully saturated rings. The van der Waals surface area contributed by atoms with E-state index >= 15 is 0 Å². The van der Waals surface area contributed by atoms with Crippen LogP contribution in [0.15, 0.2) is 0 Å². The van der Waals surface area contributed by atoms with E-state index in [1.807, 2.05) is 6.92 Å². The minimum absolute atomic E-state index is 0.0496. The largest absolute Gasteiger partial charge is 0.481 e. The first-order chi connectivity index (χ1) is 7.56. The average Bonchev–Trinajstić information content (AvgIpc) is 2.28. The highest BCUT2D eigenvalue weighted by Crippen LogP contribution is 2.19. The lowest BCUT2D eigenvalue weighted by molar-refractivity contribution is -0.146. The summed E-state index contributed by atoms with van der Waals surface area (Å²) in [5.74, 6) is -0.975. The molecule has 1 aliphatic heterocycles. The zero-order chi connectivity index (χ0) is 12.1. The van der Waals surface area contributed by atoms with Gasteiger partial charge in [-0.2, -0.15) is 0 Å². The van der Waals surface area contributed by atoms with Gasteiger partial charge < -0.3 is 15.7 Å². The van der Waals surface area contributed by atoms with Gasteiger partial charge in [-0.15, -0.1) is 0 Å². The second kappa shape index (κ2) is 5.84. The Hall–Kier alpha value is -1.10. The van der Waals surface area contributed by atoms with Gasteiger partial charge in [0.25, 0.3) is 0 Å². The number of carbonyl (C=O) groups is 2. The number of nitrogens with zero attached hydrogens (tertiary/aromatic N) is 1. The molecule has 0 aliphatic carbocycles. The molecule has 0 aromatic rings. The molecular weight excluding hydrogens is 208 g/mol. The van der Waals surface area contributed by atoms with Crippen LogP contribution in [0.3, 0.4) is 0 Å². The van der Waals surface area contributed by atoms with Gasteiger partial charge in [0.1, 0.15) is 0 Å². The number of carboxylic acid groups (broad SMARTS) is 1. The van der Waals surface area contributed by atoms with E-state index in [-0.39, 0.29) is 17.7 Å². The van der Waals surface area contributed by atoms with E-state index in [9.17, 15) is 9.59 Å². The molecule has 0 aromatic heterocycles. The lowest BCUT2D eigenvalue weighted by atomic mass is 9.95. The molecule has 0 saturated carbocycles. The van der Waals surface area contributed by atoms with E-state index in [0.29, 0.717) is 38.9 Å². The van der Waals surface area contributed by atoms with Gasteiger partial charge in [-0.3, -0.25) is 9.59 Å². The minimum Gasteiger partial charge on any atom is -0.481 e. The topological polar surface area (TPSA) is 83.6 Å². The van der Waals surface area contributed by atoms with E-state index in [0.717, 1.165) is 0 Å². The summed E-state index contributed by atoms with van der Waals surface area (Å²) >= 11 is 0. The van der Waals surface area contributed by atoms with Crippen LogP contribution >= 0.6 is 0 Å². The van der Waals surface area contributed by atoms with Gasteiger partial charge in [-0.05, 0) is 25.8 Å². The number of carboxylic acids is 1. The zero-order valence-electron chi connectivity index (χ0n) is 9.69. The smallest absolute Gasteiger partial charge is 0.306 e. The summed E-state index contributed by atoms with van der Waals surface area (Å²) in [5, 5.41) is 8.84. The van der Waals surface area contributed by atoms with E-state index in [1.165, 1.54) is 0 Å². The van der Waals surface area contributed by atoms with Gasteiger partial charge in [0, 0.05) is 19.0 Å². The van der Waals surface area contributed by atoms with Crippen LogP contribution in [0.5, 0.6) is 0 Å². The molecule has 1 atom stereocenters. The molecule has 16 heavy (non-hydrogen) atoms. The van der Waals surface area contributed by atoms with Gasteiger partial charge in [0.2, 0.25) is 5.91 Å². The molecule has 1 heterocycles. The van der Waals surface area contributed by atoms with E-state index in [2.05, 4.69) is 0 Å². The predicted molar refractivity (Wildman–Crippen MR) is 59.8 cm³/mol. The Morgan fingerprint density at radius 3 is 2.44 bits per heavy atom. The highest BCUT2D eigenvalue weighted by atomic mass is 16.4. The fourth-order valence-corrected chi connectivity index (χ4v) is 2.03. The van der Waals surface area contributed by atoms with Gasteiger partial charge in [0.15, 0.2) is 0 Å². The fraction of sp³-hybridized carbons (Fsp3) is 0.818. The van der Waals surface area contributed by atoms with Crippen molar-refractivity contribution in [3.63, 3.8) is 0 Å². The normalized spacial score (nSPS) is 19.5. The number of hydrogen-bond donors (Lipinski definition) is 2. The number of piperidine rings is 1. The third kappa shape index (κ3) is 3.20. The van der Waals surface area contributed by atoms with Crippen LogP contribution in [-0.4, -0.2) is 41.5 Å². The first-order valence-electron chi connectivity index (χ1n) is 5.78. The number of carbonyl (C=O) groups excluding carboxylic acids is 1. The standard InChI is InChI=1S/C11H20N2O3/c1-8(2-5-12)10(14)13-6-3-9(4-7-13)11(15)16/h8-9H,2-7,12H2,1H3,(H,15,16). The van der Waals surface area contributed by atoms with Crippen LogP contribution in [-0.2, 0) is 9.59 Å². The third-order valence-electron chi connectivity index (χ3n) is 3.18. The molecule has 1 unspecified atom stereocenters. The molecule has 5 nitrogen and oxygen atoms in total. The maximum absolute atomic E-state index is 11.9. The molecule has 0 aromatic carbocycles. The monoisotopic (exact) mass is 228 g/mol.